The Bertz CT molecular complexity index is 409. The first-order valence-electron chi connectivity index (χ1n) is 6.39. The summed E-state index contributed by atoms with van der Waals surface area (Å²) in [7, 11) is 3.88. The number of nitrogens with zero attached hydrogens (tertiary/aromatic N) is 1. The smallest absolute Gasteiger partial charge is 0.221 e. The maximum atomic E-state index is 13.4. The molecule has 0 spiro atoms. The van der Waals surface area contributed by atoms with Crippen molar-refractivity contribution < 1.29 is 9.18 Å². The highest BCUT2D eigenvalue weighted by Gasteiger charge is 2.12. The van der Waals surface area contributed by atoms with Gasteiger partial charge >= 0.3 is 0 Å². The van der Waals surface area contributed by atoms with Crippen molar-refractivity contribution in [3.63, 3.8) is 0 Å². The molecule has 106 valence electrons. The van der Waals surface area contributed by atoms with Gasteiger partial charge in [0.15, 0.2) is 0 Å². The topological polar surface area (TPSA) is 58.4 Å². The van der Waals surface area contributed by atoms with Crippen molar-refractivity contribution in [2.75, 3.05) is 27.2 Å². The number of nitrogens with one attached hydrogen (secondary N) is 1. The average Bonchev–Trinajstić information content (AvgIpc) is 2.31. The molecule has 0 bridgehead atoms. The molecule has 1 rings (SSSR count). The summed E-state index contributed by atoms with van der Waals surface area (Å²) in [5.41, 5.74) is 6.42. The van der Waals surface area contributed by atoms with Gasteiger partial charge < -0.3 is 16.0 Å². The molecule has 1 amide bonds. The number of halogens is 1. The van der Waals surface area contributed by atoms with Gasteiger partial charge in [-0.2, -0.15) is 0 Å². The Morgan fingerprint density at radius 3 is 2.74 bits per heavy atom. The van der Waals surface area contributed by atoms with E-state index in [1.54, 1.807) is 18.2 Å². The van der Waals surface area contributed by atoms with Gasteiger partial charge in [-0.1, -0.05) is 18.2 Å². The number of rotatable bonds is 7. The van der Waals surface area contributed by atoms with E-state index in [9.17, 15) is 9.18 Å². The summed E-state index contributed by atoms with van der Waals surface area (Å²) in [6.07, 6.45) is 0.579. The van der Waals surface area contributed by atoms with Crippen LogP contribution in [0.4, 0.5) is 4.39 Å². The molecule has 0 saturated heterocycles. The highest BCUT2D eigenvalue weighted by atomic mass is 19.1. The van der Waals surface area contributed by atoms with Crippen molar-refractivity contribution in [3.8, 4) is 0 Å². The van der Waals surface area contributed by atoms with Crippen molar-refractivity contribution in [2.45, 2.75) is 18.9 Å². The number of hydrogen-bond donors (Lipinski definition) is 2. The molecule has 1 atom stereocenters. The van der Waals surface area contributed by atoms with Crippen LogP contribution in [0.3, 0.4) is 0 Å². The summed E-state index contributed by atoms with van der Waals surface area (Å²) in [5.74, 6) is -0.364. The molecule has 4 nitrogen and oxygen atoms in total. The van der Waals surface area contributed by atoms with Gasteiger partial charge in [-0.25, -0.2) is 4.39 Å². The minimum atomic E-state index is -0.365. The number of carbonyl (C=O) groups excluding carboxylic acids is 1. The lowest BCUT2D eigenvalue weighted by atomic mass is 10.0. The molecule has 19 heavy (non-hydrogen) atoms. The largest absolute Gasteiger partial charge is 0.355 e. The van der Waals surface area contributed by atoms with Crippen LogP contribution in [0.25, 0.3) is 0 Å². The van der Waals surface area contributed by atoms with Crippen LogP contribution in [-0.4, -0.2) is 44.0 Å². The molecule has 0 aromatic heterocycles. The molecule has 0 heterocycles. The lowest BCUT2D eigenvalue weighted by molar-refractivity contribution is -0.121. The first kappa shape index (κ1) is 15.6. The lowest BCUT2D eigenvalue weighted by Crippen LogP contribution is -2.36. The van der Waals surface area contributed by atoms with Crippen molar-refractivity contribution in [1.82, 2.24) is 10.2 Å². The van der Waals surface area contributed by atoms with Crippen LogP contribution in [0, 0.1) is 5.82 Å². The Labute approximate surface area is 113 Å². The summed E-state index contributed by atoms with van der Waals surface area (Å²) in [5, 5.41) is 2.79. The third-order valence-electron chi connectivity index (χ3n) is 2.77. The Balaban J connectivity index is 2.33. The highest BCUT2D eigenvalue weighted by molar-refractivity contribution is 5.76. The zero-order valence-corrected chi connectivity index (χ0v) is 11.5. The van der Waals surface area contributed by atoms with Gasteiger partial charge in [0, 0.05) is 25.6 Å². The van der Waals surface area contributed by atoms with Crippen molar-refractivity contribution in [3.05, 3.63) is 35.6 Å². The zero-order chi connectivity index (χ0) is 14.3. The van der Waals surface area contributed by atoms with E-state index in [1.165, 1.54) is 6.07 Å². The molecular formula is C14H22FN3O. The quantitative estimate of drug-likeness (QED) is 0.767. The second-order valence-corrected chi connectivity index (χ2v) is 4.91. The Morgan fingerprint density at radius 2 is 2.11 bits per heavy atom. The standard InChI is InChI=1S/C14H22FN3O/c1-18(2)8-7-17-14(19)10-12(16)9-11-5-3-4-6-13(11)15/h3-6,12H,7-10,16H2,1-2H3,(H,17,19)/t12-/m1/s1. The average molecular weight is 267 g/mol. The Morgan fingerprint density at radius 1 is 1.42 bits per heavy atom. The third kappa shape index (κ3) is 6.31. The third-order valence-corrected chi connectivity index (χ3v) is 2.77. The number of likely N-dealkylation sites (N-methyl/N-ethyl adjacent to an activating group) is 1. The number of amides is 1. The van der Waals surface area contributed by atoms with E-state index in [4.69, 9.17) is 5.73 Å². The molecule has 0 aliphatic carbocycles. The maximum Gasteiger partial charge on any atom is 0.221 e. The Kier molecular flexibility index (Phi) is 6.45. The molecule has 1 aromatic rings. The predicted octanol–water partition coefficient (Wildman–Crippen LogP) is 0.763. The first-order chi connectivity index (χ1) is 8.99. The highest BCUT2D eigenvalue weighted by Crippen LogP contribution is 2.09. The van der Waals surface area contributed by atoms with Gasteiger partial charge in [-0.05, 0) is 32.1 Å². The number of benzene rings is 1. The monoisotopic (exact) mass is 267 g/mol. The molecule has 0 saturated carbocycles. The first-order valence-corrected chi connectivity index (χ1v) is 6.39. The van der Waals surface area contributed by atoms with E-state index in [2.05, 4.69) is 5.32 Å². The van der Waals surface area contributed by atoms with Gasteiger partial charge in [-0.3, -0.25) is 4.79 Å². The van der Waals surface area contributed by atoms with E-state index in [0.29, 0.717) is 18.5 Å². The van der Waals surface area contributed by atoms with Gasteiger partial charge in [0.1, 0.15) is 5.82 Å². The van der Waals surface area contributed by atoms with Crippen molar-refractivity contribution in [2.24, 2.45) is 5.73 Å². The fourth-order valence-electron chi connectivity index (χ4n) is 1.75. The summed E-state index contributed by atoms with van der Waals surface area (Å²) in [6.45, 7) is 1.38. The van der Waals surface area contributed by atoms with Crippen LogP contribution in [-0.2, 0) is 11.2 Å². The number of nitrogens with two attached hydrogens (primary N) is 1. The van der Waals surface area contributed by atoms with Crippen LogP contribution >= 0.6 is 0 Å². The predicted molar refractivity (Wildman–Crippen MR) is 74.3 cm³/mol. The second kappa shape index (κ2) is 7.86. The molecule has 0 aliphatic heterocycles. The van der Waals surface area contributed by atoms with E-state index in [0.717, 1.165) is 6.54 Å². The normalized spacial score (nSPS) is 12.5. The SMILES string of the molecule is CN(C)CCNC(=O)C[C@H](N)Cc1ccccc1F. The van der Waals surface area contributed by atoms with Crippen LogP contribution < -0.4 is 11.1 Å². The molecule has 0 fully saturated rings. The van der Waals surface area contributed by atoms with Crippen LogP contribution in [0.15, 0.2) is 24.3 Å². The van der Waals surface area contributed by atoms with Gasteiger partial charge in [-0.15, -0.1) is 0 Å². The molecule has 3 N–H and O–H groups in total. The molecule has 5 heteroatoms. The van der Waals surface area contributed by atoms with Crippen LogP contribution in [0.1, 0.15) is 12.0 Å². The molecule has 0 unspecified atom stereocenters. The summed E-state index contributed by atoms with van der Waals surface area (Å²) < 4.78 is 13.4. The summed E-state index contributed by atoms with van der Waals surface area (Å²) >= 11 is 0. The molecule has 0 aliphatic rings. The van der Waals surface area contributed by atoms with Crippen LogP contribution in [0.2, 0.25) is 0 Å². The molecular weight excluding hydrogens is 245 g/mol. The van der Waals surface area contributed by atoms with E-state index in [-0.39, 0.29) is 24.2 Å². The van der Waals surface area contributed by atoms with Crippen molar-refractivity contribution in [1.29, 1.82) is 0 Å². The minimum absolute atomic E-state index is 0.0920. The lowest BCUT2D eigenvalue weighted by Gasteiger charge is -2.14. The fraction of sp³-hybridized carbons (Fsp3) is 0.500. The van der Waals surface area contributed by atoms with E-state index in [1.807, 2.05) is 19.0 Å². The second-order valence-electron chi connectivity index (χ2n) is 4.91. The van der Waals surface area contributed by atoms with E-state index < -0.39 is 0 Å². The van der Waals surface area contributed by atoms with Gasteiger partial charge in [0.2, 0.25) is 5.91 Å². The summed E-state index contributed by atoms with van der Waals surface area (Å²) in [6, 6.07) is 6.13. The zero-order valence-electron chi connectivity index (χ0n) is 11.5. The fourth-order valence-corrected chi connectivity index (χ4v) is 1.75. The Hall–Kier alpha value is -1.46. The van der Waals surface area contributed by atoms with Crippen molar-refractivity contribution >= 4 is 5.91 Å². The molecule has 0 radical (unpaired) electrons. The van der Waals surface area contributed by atoms with E-state index >= 15 is 0 Å². The van der Waals surface area contributed by atoms with Gasteiger partial charge in [0.05, 0.1) is 0 Å². The minimum Gasteiger partial charge on any atom is -0.355 e. The molecule has 1 aromatic carbocycles. The number of carbonyl (C=O) groups is 1. The maximum absolute atomic E-state index is 13.4. The summed E-state index contributed by atoms with van der Waals surface area (Å²) in [4.78, 5) is 13.6. The van der Waals surface area contributed by atoms with Gasteiger partial charge in [0.25, 0.3) is 0 Å². The number of hydrogen-bond acceptors (Lipinski definition) is 3. The van der Waals surface area contributed by atoms with Crippen LogP contribution in [0.5, 0.6) is 0 Å².